The van der Waals surface area contributed by atoms with Crippen LogP contribution in [0.4, 0.5) is 0 Å². The lowest BCUT2D eigenvalue weighted by Crippen LogP contribution is -2.49. The van der Waals surface area contributed by atoms with E-state index in [4.69, 9.17) is 0 Å². The molecule has 0 bridgehead atoms. The largest absolute Gasteiger partial charge is 0.113 e. The first-order chi connectivity index (χ1) is 12.6. The maximum Gasteiger partial charge on any atom is 0.113 e. The highest BCUT2D eigenvalue weighted by atomic mass is 28.3. The molecule has 4 aromatic carbocycles. The van der Waals surface area contributed by atoms with Gasteiger partial charge < -0.3 is 0 Å². The van der Waals surface area contributed by atoms with Crippen molar-refractivity contribution in [1.82, 2.24) is 0 Å². The van der Waals surface area contributed by atoms with E-state index in [1.54, 1.807) is 10.4 Å². The number of benzene rings is 4. The molecule has 1 heterocycles. The van der Waals surface area contributed by atoms with Gasteiger partial charge in [-0.15, -0.1) is 0 Å². The van der Waals surface area contributed by atoms with E-state index < -0.39 is 8.07 Å². The Bertz CT molecular complexity index is 1150. The Morgan fingerprint density at radius 3 is 2.19 bits per heavy atom. The van der Waals surface area contributed by atoms with Gasteiger partial charge in [-0.2, -0.15) is 0 Å². The zero-order chi connectivity index (χ0) is 17.9. The summed E-state index contributed by atoms with van der Waals surface area (Å²) in [5.74, 6) is 0. The van der Waals surface area contributed by atoms with Crippen molar-refractivity contribution in [3.63, 3.8) is 0 Å². The molecule has 0 radical (unpaired) electrons. The van der Waals surface area contributed by atoms with Crippen LogP contribution >= 0.6 is 0 Å². The third kappa shape index (κ3) is 2.07. The zero-order valence-corrected chi connectivity index (χ0v) is 16.5. The molecule has 0 saturated heterocycles. The Kier molecular flexibility index (Phi) is 3.25. The summed E-state index contributed by atoms with van der Waals surface area (Å²) in [5.41, 5.74) is 6.97. The molecule has 1 aliphatic heterocycles. The first-order valence-electron chi connectivity index (χ1n) is 9.30. The summed E-state index contributed by atoms with van der Waals surface area (Å²) in [6.45, 7) is 7.17. The molecule has 0 spiro atoms. The Hall–Kier alpha value is -2.64. The van der Waals surface area contributed by atoms with Crippen LogP contribution in [0.3, 0.4) is 0 Å². The molecule has 0 aromatic heterocycles. The smallest absolute Gasteiger partial charge is 0.0623 e. The van der Waals surface area contributed by atoms with Crippen molar-refractivity contribution in [2.24, 2.45) is 0 Å². The van der Waals surface area contributed by atoms with Crippen LogP contribution < -0.4 is 10.4 Å². The first kappa shape index (κ1) is 15.6. The third-order valence-corrected chi connectivity index (χ3v) is 9.42. The number of hydrogen-bond donors (Lipinski definition) is 0. The van der Waals surface area contributed by atoms with Crippen LogP contribution in [-0.4, -0.2) is 8.07 Å². The lowest BCUT2D eigenvalue weighted by atomic mass is 9.89. The molecule has 0 nitrogen and oxygen atoms in total. The summed E-state index contributed by atoms with van der Waals surface area (Å²) in [4.78, 5) is 0. The fourth-order valence-electron chi connectivity index (χ4n) is 4.59. The lowest BCUT2D eigenvalue weighted by Gasteiger charge is -2.21. The average molecular weight is 351 g/mol. The van der Waals surface area contributed by atoms with Gasteiger partial charge in [0, 0.05) is 0 Å². The van der Waals surface area contributed by atoms with Gasteiger partial charge in [-0.1, -0.05) is 97.5 Å². The molecule has 0 fully saturated rings. The lowest BCUT2D eigenvalue weighted by molar-refractivity contribution is 1.51. The minimum atomic E-state index is -1.68. The summed E-state index contributed by atoms with van der Waals surface area (Å²) < 4.78 is 0. The van der Waals surface area contributed by atoms with Crippen LogP contribution in [0.1, 0.15) is 5.56 Å². The van der Waals surface area contributed by atoms with Crippen molar-refractivity contribution in [1.29, 1.82) is 0 Å². The number of rotatable bonds is 1. The van der Waals surface area contributed by atoms with Crippen LogP contribution in [0, 0.1) is 6.92 Å². The van der Waals surface area contributed by atoms with E-state index in [1.807, 2.05) is 0 Å². The topological polar surface area (TPSA) is 0 Å². The summed E-state index contributed by atoms with van der Waals surface area (Å²) in [5, 5.41) is 5.88. The predicted molar refractivity (Wildman–Crippen MR) is 116 cm³/mol. The molecule has 0 aliphatic carbocycles. The van der Waals surface area contributed by atoms with Gasteiger partial charge in [-0.25, -0.2) is 0 Å². The van der Waals surface area contributed by atoms with Gasteiger partial charge in [0.1, 0.15) is 8.07 Å². The molecule has 1 heteroatoms. The molecule has 5 rings (SSSR count). The average Bonchev–Trinajstić information content (AvgIpc) is 2.88. The monoisotopic (exact) mass is 350 g/mol. The summed E-state index contributed by atoms with van der Waals surface area (Å²) in [7, 11) is -1.68. The van der Waals surface area contributed by atoms with Gasteiger partial charge in [-0.05, 0) is 50.3 Å². The molecule has 0 unspecified atom stereocenters. The highest BCUT2D eigenvalue weighted by Crippen LogP contribution is 2.41. The van der Waals surface area contributed by atoms with Gasteiger partial charge in [0.25, 0.3) is 0 Å². The molecule has 26 heavy (non-hydrogen) atoms. The number of fused-ring (bicyclic) bond motifs is 4. The Labute approximate surface area is 156 Å². The molecular weight excluding hydrogens is 328 g/mol. The van der Waals surface area contributed by atoms with Crippen molar-refractivity contribution in [3.8, 4) is 22.3 Å². The highest BCUT2D eigenvalue weighted by Gasteiger charge is 2.39. The van der Waals surface area contributed by atoms with E-state index in [0.717, 1.165) is 0 Å². The molecule has 0 saturated carbocycles. The normalized spacial score (nSPS) is 14.3. The van der Waals surface area contributed by atoms with Gasteiger partial charge in [0.15, 0.2) is 0 Å². The van der Waals surface area contributed by atoms with Crippen molar-refractivity contribution in [3.05, 3.63) is 84.4 Å². The Morgan fingerprint density at radius 1 is 0.654 bits per heavy atom. The van der Waals surface area contributed by atoms with E-state index in [2.05, 4.69) is 98.9 Å². The van der Waals surface area contributed by atoms with Crippen LogP contribution in [0.25, 0.3) is 33.0 Å². The SMILES string of the molecule is Cc1ccc2c(-c3ccccc3)c3c(cc2c1)[Si](C)(C)c1ccccc1-3. The molecule has 1 aliphatic rings. The van der Waals surface area contributed by atoms with E-state index >= 15 is 0 Å². The van der Waals surface area contributed by atoms with Crippen LogP contribution in [0.5, 0.6) is 0 Å². The second-order valence-corrected chi connectivity index (χ2v) is 12.3. The maximum atomic E-state index is 2.49. The maximum absolute atomic E-state index is 2.49. The minimum Gasteiger partial charge on any atom is -0.0623 e. The van der Waals surface area contributed by atoms with Crippen LogP contribution in [0.15, 0.2) is 78.9 Å². The van der Waals surface area contributed by atoms with Crippen LogP contribution in [0.2, 0.25) is 13.1 Å². The van der Waals surface area contributed by atoms with Crippen molar-refractivity contribution >= 4 is 29.2 Å². The van der Waals surface area contributed by atoms with Crippen LogP contribution in [-0.2, 0) is 0 Å². The van der Waals surface area contributed by atoms with Crippen molar-refractivity contribution in [2.45, 2.75) is 20.0 Å². The highest BCUT2D eigenvalue weighted by molar-refractivity contribution is 7.04. The van der Waals surface area contributed by atoms with Gasteiger partial charge in [-0.3, -0.25) is 0 Å². The molecule has 0 atom stereocenters. The van der Waals surface area contributed by atoms with Gasteiger partial charge >= 0.3 is 0 Å². The zero-order valence-electron chi connectivity index (χ0n) is 15.5. The quantitative estimate of drug-likeness (QED) is 0.391. The molecule has 0 N–H and O–H groups in total. The summed E-state index contributed by atoms with van der Waals surface area (Å²) >= 11 is 0. The predicted octanol–water partition coefficient (Wildman–Crippen LogP) is 5.62. The second-order valence-electron chi connectivity index (χ2n) is 7.94. The van der Waals surface area contributed by atoms with E-state index in [-0.39, 0.29) is 0 Å². The molecule has 0 amide bonds. The number of hydrogen-bond acceptors (Lipinski definition) is 0. The summed E-state index contributed by atoms with van der Waals surface area (Å²) in [6.07, 6.45) is 0. The van der Waals surface area contributed by atoms with Crippen molar-refractivity contribution < 1.29 is 0 Å². The Morgan fingerprint density at radius 2 is 1.38 bits per heavy atom. The Balaban J connectivity index is 2.01. The first-order valence-corrected chi connectivity index (χ1v) is 12.3. The number of aryl methyl sites for hydroxylation is 1. The van der Waals surface area contributed by atoms with Gasteiger partial charge in [0.05, 0.1) is 0 Å². The molecule has 126 valence electrons. The van der Waals surface area contributed by atoms with E-state index in [9.17, 15) is 0 Å². The fourth-order valence-corrected chi connectivity index (χ4v) is 7.68. The van der Waals surface area contributed by atoms with Gasteiger partial charge in [0.2, 0.25) is 0 Å². The van der Waals surface area contributed by atoms with Crippen molar-refractivity contribution in [2.75, 3.05) is 0 Å². The molecular formula is C25H22Si. The second kappa shape index (κ2) is 5.42. The van der Waals surface area contributed by atoms with E-state index in [1.165, 1.54) is 38.6 Å². The third-order valence-electron chi connectivity index (χ3n) is 5.90. The molecule has 4 aromatic rings. The minimum absolute atomic E-state index is 1.32. The fraction of sp³-hybridized carbons (Fsp3) is 0.120. The van der Waals surface area contributed by atoms with E-state index in [0.29, 0.717) is 0 Å². The summed E-state index contributed by atoms with van der Waals surface area (Å²) in [6, 6.07) is 29.3. The standard InChI is InChI=1S/C25H22Si/c1-17-13-14-20-19(15-17)16-23-25(24(20)18-9-5-4-6-10-18)21-11-7-8-12-22(21)26(23,2)3/h4-16H,1-3H3.